The second-order valence-electron chi connectivity index (χ2n) is 7.26. The Morgan fingerprint density at radius 1 is 1.20 bits per heavy atom. The van der Waals surface area contributed by atoms with E-state index in [0.717, 1.165) is 29.3 Å². The van der Waals surface area contributed by atoms with Gasteiger partial charge in [-0.25, -0.2) is 0 Å². The summed E-state index contributed by atoms with van der Waals surface area (Å²) in [4.78, 5) is 18.0. The van der Waals surface area contributed by atoms with Crippen molar-refractivity contribution in [3.63, 3.8) is 0 Å². The van der Waals surface area contributed by atoms with E-state index in [-0.39, 0.29) is 35.9 Å². The van der Waals surface area contributed by atoms with Gasteiger partial charge < -0.3 is 20.3 Å². The van der Waals surface area contributed by atoms with Crippen molar-refractivity contribution < 1.29 is 9.53 Å². The highest BCUT2D eigenvalue weighted by molar-refractivity contribution is 14.0. The maximum absolute atomic E-state index is 12.1. The van der Waals surface area contributed by atoms with Gasteiger partial charge in [0.25, 0.3) is 5.91 Å². The van der Waals surface area contributed by atoms with E-state index < -0.39 is 0 Å². The van der Waals surface area contributed by atoms with E-state index in [4.69, 9.17) is 4.74 Å². The number of aliphatic imine (C=N–C) groups is 1. The SMILES string of the molecule is CN=C(NCCc1cccc(C(=O)N(C)C)c1)NC(C)c1cc(C)ccc1OC.I. The average molecular weight is 524 g/mol. The van der Waals surface area contributed by atoms with Crippen LogP contribution in [0.1, 0.15) is 40.0 Å². The van der Waals surface area contributed by atoms with Gasteiger partial charge in [-0.1, -0.05) is 29.8 Å². The smallest absolute Gasteiger partial charge is 0.253 e. The summed E-state index contributed by atoms with van der Waals surface area (Å²) >= 11 is 0. The quantitative estimate of drug-likeness (QED) is 0.329. The Hall–Kier alpha value is -2.29. The molecule has 1 unspecified atom stereocenters. The molecule has 0 aromatic heterocycles. The van der Waals surface area contributed by atoms with Gasteiger partial charge in [0, 0.05) is 38.8 Å². The molecule has 30 heavy (non-hydrogen) atoms. The molecule has 0 aliphatic carbocycles. The maximum Gasteiger partial charge on any atom is 0.253 e. The molecule has 0 aliphatic heterocycles. The standard InChI is InChI=1S/C23H32N4O2.HI/c1-16-10-11-21(29-6)20(14-16)17(2)26-23(24-3)25-13-12-18-8-7-9-19(15-18)22(28)27(4)5;/h7-11,14-15,17H,12-13H2,1-6H3,(H2,24,25,26);1H. The number of halogens is 1. The predicted octanol–water partition coefficient (Wildman–Crippen LogP) is 3.79. The van der Waals surface area contributed by atoms with Crippen LogP contribution in [0, 0.1) is 6.92 Å². The van der Waals surface area contributed by atoms with Crippen molar-refractivity contribution >= 4 is 35.8 Å². The molecular formula is C23H33IN4O2. The zero-order valence-corrected chi connectivity index (χ0v) is 21.0. The van der Waals surface area contributed by atoms with Gasteiger partial charge in [0.05, 0.1) is 13.2 Å². The molecule has 6 nitrogen and oxygen atoms in total. The van der Waals surface area contributed by atoms with Crippen molar-refractivity contribution in [3.05, 3.63) is 64.7 Å². The second kappa shape index (κ2) is 12.4. The fourth-order valence-corrected chi connectivity index (χ4v) is 3.11. The van der Waals surface area contributed by atoms with Crippen LogP contribution in [0.25, 0.3) is 0 Å². The Morgan fingerprint density at radius 2 is 1.93 bits per heavy atom. The highest BCUT2D eigenvalue weighted by atomic mass is 127. The van der Waals surface area contributed by atoms with Crippen LogP contribution < -0.4 is 15.4 Å². The van der Waals surface area contributed by atoms with Crippen LogP contribution in [0.3, 0.4) is 0 Å². The summed E-state index contributed by atoms with van der Waals surface area (Å²) in [7, 11) is 6.96. The van der Waals surface area contributed by atoms with Crippen LogP contribution in [-0.2, 0) is 6.42 Å². The number of hydrogen-bond donors (Lipinski definition) is 2. The fraction of sp³-hybridized carbons (Fsp3) is 0.391. The summed E-state index contributed by atoms with van der Waals surface area (Å²) < 4.78 is 5.49. The maximum atomic E-state index is 12.1. The van der Waals surface area contributed by atoms with Crippen molar-refractivity contribution in [1.29, 1.82) is 0 Å². The number of nitrogens with one attached hydrogen (secondary N) is 2. The highest BCUT2D eigenvalue weighted by Crippen LogP contribution is 2.25. The molecule has 0 fully saturated rings. The van der Waals surface area contributed by atoms with Crippen LogP contribution in [0.4, 0.5) is 0 Å². The molecule has 0 spiro atoms. The van der Waals surface area contributed by atoms with Gasteiger partial charge in [-0.3, -0.25) is 9.79 Å². The van der Waals surface area contributed by atoms with E-state index in [1.54, 1.807) is 33.2 Å². The topological polar surface area (TPSA) is 66.0 Å². The normalized spacial score (nSPS) is 11.9. The van der Waals surface area contributed by atoms with E-state index in [9.17, 15) is 4.79 Å². The summed E-state index contributed by atoms with van der Waals surface area (Å²) in [6.07, 6.45) is 0.789. The number of carbonyl (C=O) groups is 1. The van der Waals surface area contributed by atoms with Crippen LogP contribution in [0.2, 0.25) is 0 Å². The van der Waals surface area contributed by atoms with Crippen LogP contribution >= 0.6 is 24.0 Å². The van der Waals surface area contributed by atoms with Crippen molar-refractivity contribution in [2.24, 2.45) is 4.99 Å². The van der Waals surface area contributed by atoms with Crippen molar-refractivity contribution in [2.75, 3.05) is 34.8 Å². The van der Waals surface area contributed by atoms with Gasteiger partial charge >= 0.3 is 0 Å². The molecule has 0 radical (unpaired) electrons. The molecule has 0 saturated carbocycles. The second-order valence-corrected chi connectivity index (χ2v) is 7.26. The molecule has 2 N–H and O–H groups in total. The van der Waals surface area contributed by atoms with Crippen molar-refractivity contribution in [1.82, 2.24) is 15.5 Å². The summed E-state index contributed by atoms with van der Waals surface area (Å²) in [5, 5.41) is 6.76. The lowest BCUT2D eigenvalue weighted by molar-refractivity contribution is 0.0827. The Balaban J connectivity index is 0.00000450. The number of methoxy groups -OCH3 is 1. The van der Waals surface area contributed by atoms with Crippen LogP contribution in [0.5, 0.6) is 5.75 Å². The summed E-state index contributed by atoms with van der Waals surface area (Å²) in [5.41, 5.74) is 4.08. The number of nitrogens with zero attached hydrogens (tertiary/aromatic N) is 2. The average Bonchev–Trinajstić information content (AvgIpc) is 2.72. The number of carbonyl (C=O) groups excluding carboxylic acids is 1. The summed E-state index contributed by atoms with van der Waals surface area (Å²) in [6.45, 7) is 4.86. The molecule has 2 rings (SSSR count). The number of rotatable bonds is 7. The minimum Gasteiger partial charge on any atom is -0.496 e. The van der Waals surface area contributed by atoms with Gasteiger partial charge in [-0.05, 0) is 44.0 Å². The van der Waals surface area contributed by atoms with Gasteiger partial charge in [0.15, 0.2) is 5.96 Å². The molecule has 1 atom stereocenters. The van der Waals surface area contributed by atoms with Crippen molar-refractivity contribution in [2.45, 2.75) is 26.3 Å². The minimum absolute atomic E-state index is 0. The Bertz CT molecular complexity index is 868. The number of hydrogen-bond acceptors (Lipinski definition) is 3. The van der Waals surface area contributed by atoms with Gasteiger partial charge in [0.2, 0.25) is 0 Å². The van der Waals surface area contributed by atoms with E-state index >= 15 is 0 Å². The molecule has 0 bridgehead atoms. The third kappa shape index (κ3) is 7.19. The van der Waals surface area contributed by atoms with Gasteiger partial charge in [-0.2, -0.15) is 0 Å². The Morgan fingerprint density at radius 3 is 2.57 bits per heavy atom. The number of guanidine groups is 1. The molecule has 1 amide bonds. The number of ether oxygens (including phenoxy) is 1. The zero-order valence-electron chi connectivity index (χ0n) is 18.7. The van der Waals surface area contributed by atoms with E-state index in [1.165, 1.54) is 5.56 Å². The third-order valence-corrected chi connectivity index (χ3v) is 4.71. The fourth-order valence-electron chi connectivity index (χ4n) is 3.11. The number of aryl methyl sites for hydroxylation is 1. The molecule has 0 aliphatic rings. The van der Waals surface area contributed by atoms with E-state index in [0.29, 0.717) is 12.1 Å². The molecule has 164 valence electrons. The number of amides is 1. The molecule has 2 aromatic carbocycles. The monoisotopic (exact) mass is 524 g/mol. The van der Waals surface area contributed by atoms with E-state index in [1.807, 2.05) is 36.4 Å². The molecule has 2 aromatic rings. The van der Waals surface area contributed by atoms with Gasteiger partial charge in [-0.15, -0.1) is 24.0 Å². The van der Waals surface area contributed by atoms with Crippen molar-refractivity contribution in [3.8, 4) is 5.75 Å². The first kappa shape index (κ1) is 25.7. The Kier molecular flexibility index (Phi) is 10.7. The minimum atomic E-state index is 0. The van der Waals surface area contributed by atoms with Gasteiger partial charge in [0.1, 0.15) is 5.75 Å². The first-order valence-electron chi connectivity index (χ1n) is 9.78. The zero-order chi connectivity index (χ0) is 21.4. The van der Waals surface area contributed by atoms with Crippen LogP contribution in [0.15, 0.2) is 47.5 Å². The first-order chi connectivity index (χ1) is 13.8. The summed E-state index contributed by atoms with van der Waals surface area (Å²) in [6, 6.07) is 13.9. The lowest BCUT2D eigenvalue weighted by atomic mass is 10.0. The molecule has 0 saturated heterocycles. The predicted molar refractivity (Wildman–Crippen MR) is 134 cm³/mol. The number of benzene rings is 2. The third-order valence-electron chi connectivity index (χ3n) is 4.71. The molecule has 7 heteroatoms. The first-order valence-corrected chi connectivity index (χ1v) is 9.78. The Labute approximate surface area is 197 Å². The molecule has 0 heterocycles. The van der Waals surface area contributed by atoms with Crippen LogP contribution in [-0.4, -0.2) is 51.6 Å². The lowest BCUT2D eigenvalue weighted by Gasteiger charge is -2.20. The largest absolute Gasteiger partial charge is 0.496 e. The lowest BCUT2D eigenvalue weighted by Crippen LogP contribution is -2.39. The molecular weight excluding hydrogens is 491 g/mol. The highest BCUT2D eigenvalue weighted by Gasteiger charge is 2.13. The summed E-state index contributed by atoms with van der Waals surface area (Å²) in [5.74, 6) is 1.59. The van der Waals surface area contributed by atoms with E-state index in [2.05, 4.69) is 35.5 Å².